The van der Waals surface area contributed by atoms with Crippen LogP contribution in [-0.2, 0) is 17.8 Å². The minimum absolute atomic E-state index is 0.101. The van der Waals surface area contributed by atoms with Crippen molar-refractivity contribution in [2.45, 2.75) is 50.6 Å². The van der Waals surface area contributed by atoms with Crippen molar-refractivity contribution in [3.63, 3.8) is 0 Å². The average molecular weight is 420 g/mol. The van der Waals surface area contributed by atoms with Gasteiger partial charge in [0.2, 0.25) is 5.91 Å². The summed E-state index contributed by atoms with van der Waals surface area (Å²) >= 11 is 0. The third-order valence-corrected chi connectivity index (χ3v) is 7.22. The van der Waals surface area contributed by atoms with Gasteiger partial charge in [0.1, 0.15) is 5.82 Å². The number of anilines is 1. The standard InChI is InChI=1S/C22H31F2N5O/c23-22(24)7-9-29(16-22)20-5-4-17-14-26(8-6-19(17)25-20)15-21(30)28-12-10-27(11-13-28)18-2-1-3-18/h4-5,18H,1-3,6-16H2. The average Bonchev–Trinajstić information content (AvgIpc) is 3.06. The van der Waals surface area contributed by atoms with Crippen LogP contribution in [0.4, 0.5) is 14.6 Å². The molecule has 2 saturated heterocycles. The van der Waals surface area contributed by atoms with Gasteiger partial charge in [0.15, 0.2) is 0 Å². The van der Waals surface area contributed by atoms with Crippen molar-refractivity contribution in [2.75, 3.05) is 57.3 Å². The first kappa shape index (κ1) is 20.1. The van der Waals surface area contributed by atoms with Gasteiger partial charge in [-0.1, -0.05) is 12.5 Å². The number of pyridine rings is 1. The number of carbonyl (C=O) groups is 1. The number of aromatic nitrogens is 1. The van der Waals surface area contributed by atoms with Crippen LogP contribution >= 0.6 is 0 Å². The summed E-state index contributed by atoms with van der Waals surface area (Å²) < 4.78 is 27.0. The van der Waals surface area contributed by atoms with E-state index in [1.165, 1.54) is 19.3 Å². The molecule has 0 aromatic carbocycles. The Morgan fingerprint density at radius 2 is 1.90 bits per heavy atom. The van der Waals surface area contributed by atoms with E-state index in [1.807, 2.05) is 17.0 Å². The van der Waals surface area contributed by atoms with Crippen molar-refractivity contribution >= 4 is 11.7 Å². The topological polar surface area (TPSA) is 42.9 Å². The molecular weight excluding hydrogens is 388 g/mol. The second kappa shape index (κ2) is 8.04. The Morgan fingerprint density at radius 3 is 2.57 bits per heavy atom. The van der Waals surface area contributed by atoms with Gasteiger partial charge in [0.05, 0.1) is 13.1 Å². The number of alkyl halides is 2. The first-order chi connectivity index (χ1) is 14.5. The molecule has 5 rings (SSSR count). The highest BCUT2D eigenvalue weighted by Crippen LogP contribution is 2.31. The third-order valence-electron chi connectivity index (χ3n) is 7.22. The maximum absolute atomic E-state index is 13.5. The zero-order chi connectivity index (χ0) is 20.7. The van der Waals surface area contributed by atoms with Crippen molar-refractivity contribution in [2.24, 2.45) is 0 Å². The van der Waals surface area contributed by atoms with Crippen LogP contribution in [0, 0.1) is 0 Å². The quantitative estimate of drug-likeness (QED) is 0.747. The van der Waals surface area contributed by atoms with Crippen LogP contribution in [-0.4, -0.2) is 89.9 Å². The molecule has 30 heavy (non-hydrogen) atoms. The number of rotatable bonds is 4. The fourth-order valence-corrected chi connectivity index (χ4v) is 5.09. The smallest absolute Gasteiger partial charge is 0.266 e. The fourth-order valence-electron chi connectivity index (χ4n) is 5.09. The maximum atomic E-state index is 13.5. The highest BCUT2D eigenvalue weighted by Gasteiger charge is 2.39. The minimum atomic E-state index is -2.61. The lowest BCUT2D eigenvalue weighted by Crippen LogP contribution is -2.55. The van der Waals surface area contributed by atoms with Crippen molar-refractivity contribution in [3.8, 4) is 0 Å². The van der Waals surface area contributed by atoms with E-state index in [9.17, 15) is 13.6 Å². The normalized spacial score (nSPS) is 25.3. The first-order valence-electron chi connectivity index (χ1n) is 11.3. The molecule has 4 heterocycles. The number of nitrogens with zero attached hydrogens (tertiary/aromatic N) is 5. The summed E-state index contributed by atoms with van der Waals surface area (Å²) in [6, 6.07) is 4.61. The Hall–Kier alpha value is -1.80. The lowest BCUT2D eigenvalue weighted by Gasteiger charge is -2.43. The number of hydrogen-bond donors (Lipinski definition) is 0. The van der Waals surface area contributed by atoms with Crippen LogP contribution in [0.3, 0.4) is 0 Å². The summed E-state index contributed by atoms with van der Waals surface area (Å²) in [4.78, 5) is 25.9. The molecule has 1 aliphatic carbocycles. The molecule has 1 aromatic heterocycles. The second-order valence-corrected chi connectivity index (χ2v) is 9.26. The Balaban J connectivity index is 1.14. The van der Waals surface area contributed by atoms with Gasteiger partial charge in [0.25, 0.3) is 5.92 Å². The molecule has 0 unspecified atom stereocenters. The van der Waals surface area contributed by atoms with Crippen LogP contribution in [0.5, 0.6) is 0 Å². The van der Waals surface area contributed by atoms with Gasteiger partial charge >= 0.3 is 0 Å². The molecule has 1 aromatic rings. The first-order valence-corrected chi connectivity index (χ1v) is 11.3. The lowest BCUT2D eigenvalue weighted by molar-refractivity contribution is -0.135. The van der Waals surface area contributed by atoms with Crippen molar-refractivity contribution in [1.29, 1.82) is 0 Å². The van der Waals surface area contributed by atoms with Crippen molar-refractivity contribution in [1.82, 2.24) is 19.7 Å². The van der Waals surface area contributed by atoms with Crippen molar-refractivity contribution in [3.05, 3.63) is 23.4 Å². The molecule has 0 radical (unpaired) electrons. The zero-order valence-corrected chi connectivity index (χ0v) is 17.5. The summed E-state index contributed by atoms with van der Waals surface area (Å²) in [6.45, 7) is 5.73. The van der Waals surface area contributed by atoms with E-state index < -0.39 is 5.92 Å². The van der Waals surface area contributed by atoms with E-state index >= 15 is 0 Å². The molecular formula is C22H31F2N5O. The number of piperazine rings is 1. The Morgan fingerprint density at radius 1 is 1.10 bits per heavy atom. The predicted octanol–water partition coefficient (Wildman–Crippen LogP) is 1.98. The predicted molar refractivity (Wildman–Crippen MR) is 111 cm³/mol. The monoisotopic (exact) mass is 419 g/mol. The number of halogens is 2. The number of amides is 1. The van der Waals surface area contributed by atoms with Crippen LogP contribution < -0.4 is 4.90 Å². The molecule has 0 atom stereocenters. The van der Waals surface area contributed by atoms with Gasteiger partial charge in [-0.3, -0.25) is 14.6 Å². The number of carbonyl (C=O) groups excluding carboxylic acids is 1. The van der Waals surface area contributed by atoms with E-state index in [4.69, 9.17) is 0 Å². The maximum Gasteiger partial charge on any atom is 0.266 e. The molecule has 4 aliphatic rings. The Labute approximate surface area is 176 Å². The molecule has 3 fully saturated rings. The van der Waals surface area contributed by atoms with E-state index in [0.717, 1.165) is 56.4 Å². The van der Waals surface area contributed by atoms with Crippen LogP contribution in [0.15, 0.2) is 12.1 Å². The Kier molecular flexibility index (Phi) is 5.39. The van der Waals surface area contributed by atoms with Crippen LogP contribution in [0.2, 0.25) is 0 Å². The Bertz CT molecular complexity index is 792. The van der Waals surface area contributed by atoms with Gasteiger partial charge < -0.3 is 9.80 Å². The third kappa shape index (κ3) is 4.17. The fraction of sp³-hybridized carbons (Fsp3) is 0.727. The van der Waals surface area contributed by atoms with E-state index in [0.29, 0.717) is 25.5 Å². The summed E-state index contributed by atoms with van der Waals surface area (Å²) in [5.41, 5.74) is 2.10. The van der Waals surface area contributed by atoms with E-state index in [2.05, 4.69) is 14.8 Å². The summed E-state index contributed by atoms with van der Waals surface area (Å²) in [7, 11) is 0. The molecule has 8 heteroatoms. The van der Waals surface area contributed by atoms with Gasteiger partial charge in [-0.15, -0.1) is 0 Å². The highest BCUT2D eigenvalue weighted by molar-refractivity contribution is 5.78. The molecule has 164 valence electrons. The summed E-state index contributed by atoms with van der Waals surface area (Å²) in [5.74, 6) is -1.74. The van der Waals surface area contributed by atoms with Gasteiger partial charge in [-0.05, 0) is 24.5 Å². The largest absolute Gasteiger partial charge is 0.350 e. The summed E-state index contributed by atoms with van der Waals surface area (Å²) in [5, 5.41) is 0. The summed E-state index contributed by atoms with van der Waals surface area (Å²) in [6.07, 6.45) is 4.64. The van der Waals surface area contributed by atoms with Crippen molar-refractivity contribution < 1.29 is 13.6 Å². The molecule has 0 N–H and O–H groups in total. The molecule has 1 saturated carbocycles. The van der Waals surface area contributed by atoms with Gasteiger partial charge in [0, 0.05) is 70.4 Å². The second-order valence-electron chi connectivity index (χ2n) is 9.26. The highest BCUT2D eigenvalue weighted by atomic mass is 19.3. The lowest BCUT2D eigenvalue weighted by atomic mass is 9.91. The molecule has 6 nitrogen and oxygen atoms in total. The molecule has 0 bridgehead atoms. The molecule has 1 amide bonds. The SMILES string of the molecule is O=C(CN1CCc2nc(N3CCC(F)(F)C3)ccc2C1)N1CCN(C2CCC2)CC1. The zero-order valence-electron chi connectivity index (χ0n) is 17.5. The van der Waals surface area contributed by atoms with E-state index in [-0.39, 0.29) is 18.9 Å². The molecule has 3 aliphatic heterocycles. The van der Waals surface area contributed by atoms with Crippen LogP contribution in [0.1, 0.15) is 36.9 Å². The number of hydrogen-bond acceptors (Lipinski definition) is 5. The number of fused-ring (bicyclic) bond motifs is 1. The van der Waals surface area contributed by atoms with Crippen LogP contribution in [0.25, 0.3) is 0 Å². The van der Waals surface area contributed by atoms with Gasteiger partial charge in [-0.2, -0.15) is 0 Å². The van der Waals surface area contributed by atoms with Gasteiger partial charge in [-0.25, -0.2) is 13.8 Å². The van der Waals surface area contributed by atoms with E-state index in [1.54, 1.807) is 4.90 Å². The minimum Gasteiger partial charge on any atom is -0.350 e. The molecule has 0 spiro atoms.